The van der Waals surface area contributed by atoms with Gasteiger partial charge < -0.3 is 9.47 Å². The van der Waals surface area contributed by atoms with E-state index >= 15 is 0 Å². The molecular weight excluding hydrogens is 234 g/mol. The second-order valence-corrected chi connectivity index (χ2v) is 4.17. The summed E-state index contributed by atoms with van der Waals surface area (Å²) < 4.78 is 9.58. The maximum Gasteiger partial charge on any atom is 0.307 e. The van der Waals surface area contributed by atoms with Crippen LogP contribution in [0.15, 0.2) is 0 Å². The zero-order valence-electron chi connectivity index (χ0n) is 10.7. The lowest BCUT2D eigenvalue weighted by Gasteiger charge is -2.16. The van der Waals surface area contributed by atoms with Gasteiger partial charge in [0.25, 0.3) is 0 Å². The quantitative estimate of drug-likeness (QED) is 0.390. The summed E-state index contributed by atoms with van der Waals surface area (Å²) in [5.74, 6) is 1.37. The van der Waals surface area contributed by atoms with Crippen molar-refractivity contribution in [2.45, 2.75) is 45.1 Å². The monoisotopic (exact) mass is 251 g/mol. The van der Waals surface area contributed by atoms with Gasteiger partial charge in [-0.3, -0.25) is 9.59 Å². The third-order valence-corrected chi connectivity index (χ3v) is 1.97. The van der Waals surface area contributed by atoms with E-state index in [1.165, 1.54) is 13.8 Å². The lowest BCUT2D eigenvalue weighted by molar-refractivity contribution is -0.152. The van der Waals surface area contributed by atoms with Crippen LogP contribution in [-0.2, 0) is 19.1 Å². The first-order valence-corrected chi connectivity index (χ1v) is 5.63. The number of nitriles is 1. The molecule has 0 aliphatic heterocycles. The normalized spacial score (nSPS) is 10.0. The van der Waals surface area contributed by atoms with E-state index in [1.807, 2.05) is 6.07 Å². The van der Waals surface area contributed by atoms with Crippen molar-refractivity contribution in [1.29, 1.82) is 5.26 Å². The van der Waals surface area contributed by atoms with Crippen LogP contribution in [0.3, 0.4) is 0 Å². The SMILES string of the molecule is C#CCOC(=O)CCCCC(=O)OC(C)(C)C#N. The largest absolute Gasteiger partial charge is 0.452 e. The van der Waals surface area contributed by atoms with Crippen molar-refractivity contribution in [1.82, 2.24) is 0 Å². The zero-order chi connectivity index (χ0) is 14.0. The predicted molar refractivity (Wildman–Crippen MR) is 64.0 cm³/mol. The molecule has 0 atom stereocenters. The molecule has 0 aromatic heterocycles. The molecule has 0 saturated carbocycles. The van der Waals surface area contributed by atoms with E-state index in [-0.39, 0.29) is 25.4 Å². The van der Waals surface area contributed by atoms with Gasteiger partial charge in [-0.05, 0) is 26.7 Å². The van der Waals surface area contributed by atoms with E-state index in [1.54, 1.807) is 0 Å². The van der Waals surface area contributed by atoms with Gasteiger partial charge in [-0.25, -0.2) is 0 Å². The minimum atomic E-state index is -1.11. The van der Waals surface area contributed by atoms with Gasteiger partial charge in [0.05, 0.1) is 0 Å². The van der Waals surface area contributed by atoms with Crippen molar-refractivity contribution < 1.29 is 19.1 Å². The van der Waals surface area contributed by atoms with Crippen molar-refractivity contribution in [3.05, 3.63) is 0 Å². The smallest absolute Gasteiger partial charge is 0.307 e. The van der Waals surface area contributed by atoms with E-state index in [9.17, 15) is 9.59 Å². The van der Waals surface area contributed by atoms with Crippen LogP contribution in [0.4, 0.5) is 0 Å². The molecule has 0 N–H and O–H groups in total. The summed E-state index contributed by atoms with van der Waals surface area (Å²) in [7, 11) is 0. The maximum absolute atomic E-state index is 11.3. The highest BCUT2D eigenvalue weighted by Gasteiger charge is 2.21. The summed E-state index contributed by atoms with van der Waals surface area (Å²) in [4.78, 5) is 22.4. The van der Waals surface area contributed by atoms with Crippen molar-refractivity contribution in [3.63, 3.8) is 0 Å². The summed E-state index contributed by atoms with van der Waals surface area (Å²) in [6, 6.07) is 1.87. The molecule has 0 amide bonds. The average molecular weight is 251 g/mol. The Morgan fingerprint density at radius 1 is 1.22 bits per heavy atom. The van der Waals surface area contributed by atoms with E-state index in [0.29, 0.717) is 12.8 Å². The molecule has 5 nitrogen and oxygen atoms in total. The summed E-state index contributed by atoms with van der Waals surface area (Å²) >= 11 is 0. The van der Waals surface area contributed by atoms with Gasteiger partial charge in [0, 0.05) is 12.8 Å². The molecule has 0 spiro atoms. The number of rotatable bonds is 7. The first-order valence-electron chi connectivity index (χ1n) is 5.63. The molecule has 0 aromatic carbocycles. The molecule has 0 heterocycles. The van der Waals surface area contributed by atoms with Crippen LogP contribution in [0.2, 0.25) is 0 Å². The van der Waals surface area contributed by atoms with Gasteiger partial charge in [-0.2, -0.15) is 5.26 Å². The topological polar surface area (TPSA) is 76.4 Å². The number of unbranched alkanes of at least 4 members (excludes halogenated alkanes) is 1. The van der Waals surface area contributed by atoms with Crippen LogP contribution in [-0.4, -0.2) is 24.1 Å². The van der Waals surface area contributed by atoms with Crippen molar-refractivity contribution in [3.8, 4) is 18.4 Å². The first kappa shape index (κ1) is 16.0. The van der Waals surface area contributed by atoms with Gasteiger partial charge >= 0.3 is 11.9 Å². The molecule has 0 rings (SSSR count). The number of ether oxygens (including phenoxy) is 2. The van der Waals surface area contributed by atoms with Crippen LogP contribution < -0.4 is 0 Å². The molecule has 0 aromatic rings. The molecule has 0 unspecified atom stereocenters. The molecular formula is C13H17NO4. The van der Waals surface area contributed by atoms with Gasteiger partial charge in [-0.1, -0.05) is 5.92 Å². The lowest BCUT2D eigenvalue weighted by atomic mass is 10.1. The second kappa shape index (κ2) is 8.14. The van der Waals surface area contributed by atoms with E-state index in [2.05, 4.69) is 10.7 Å². The van der Waals surface area contributed by atoms with Crippen LogP contribution in [0.1, 0.15) is 39.5 Å². The van der Waals surface area contributed by atoms with E-state index in [4.69, 9.17) is 16.4 Å². The van der Waals surface area contributed by atoms with Gasteiger partial charge in [0.2, 0.25) is 0 Å². The minimum absolute atomic E-state index is 0.0305. The Morgan fingerprint density at radius 3 is 2.28 bits per heavy atom. The van der Waals surface area contributed by atoms with Gasteiger partial charge in [0.1, 0.15) is 6.07 Å². The number of nitrogens with zero attached hydrogens (tertiary/aromatic N) is 1. The Morgan fingerprint density at radius 2 is 1.78 bits per heavy atom. The molecule has 0 aliphatic carbocycles. The highest BCUT2D eigenvalue weighted by molar-refractivity contribution is 5.71. The highest BCUT2D eigenvalue weighted by Crippen LogP contribution is 2.10. The molecule has 0 bridgehead atoms. The third-order valence-electron chi connectivity index (χ3n) is 1.97. The van der Waals surface area contributed by atoms with Gasteiger partial charge in [0.15, 0.2) is 12.2 Å². The molecule has 98 valence electrons. The summed E-state index contributed by atoms with van der Waals surface area (Å²) in [5, 5.41) is 8.67. The summed E-state index contributed by atoms with van der Waals surface area (Å²) in [6.45, 7) is 3.00. The molecule has 0 aliphatic rings. The van der Waals surface area contributed by atoms with E-state index in [0.717, 1.165) is 0 Å². The zero-order valence-corrected chi connectivity index (χ0v) is 10.7. The molecule has 18 heavy (non-hydrogen) atoms. The molecule has 0 fully saturated rings. The summed E-state index contributed by atoms with van der Waals surface area (Å²) in [6.07, 6.45) is 6.35. The van der Waals surface area contributed by atoms with Crippen molar-refractivity contribution in [2.24, 2.45) is 0 Å². The van der Waals surface area contributed by atoms with Crippen LogP contribution in [0.5, 0.6) is 0 Å². The van der Waals surface area contributed by atoms with Crippen molar-refractivity contribution in [2.75, 3.05) is 6.61 Å². The lowest BCUT2D eigenvalue weighted by Crippen LogP contribution is -2.25. The predicted octanol–water partition coefficient (Wildman–Crippen LogP) is 1.57. The fourth-order valence-electron chi connectivity index (χ4n) is 1.09. The fraction of sp³-hybridized carbons (Fsp3) is 0.615. The number of terminal acetylenes is 1. The summed E-state index contributed by atoms with van der Waals surface area (Å²) in [5.41, 5.74) is -1.11. The number of carbonyl (C=O) groups is 2. The Kier molecular flexibility index (Phi) is 7.23. The number of carbonyl (C=O) groups excluding carboxylic acids is 2. The molecule has 0 saturated heterocycles. The van der Waals surface area contributed by atoms with Gasteiger partial charge in [-0.15, -0.1) is 6.42 Å². The minimum Gasteiger partial charge on any atom is -0.452 e. The standard InChI is InChI=1S/C13H17NO4/c1-4-9-17-11(15)7-5-6-8-12(16)18-13(2,3)10-14/h1H,5-9H2,2-3H3. The fourth-order valence-corrected chi connectivity index (χ4v) is 1.09. The average Bonchev–Trinajstić information content (AvgIpc) is 2.31. The number of hydrogen-bond donors (Lipinski definition) is 0. The Balaban J connectivity index is 3.68. The third kappa shape index (κ3) is 8.18. The first-order chi connectivity index (χ1) is 8.41. The highest BCUT2D eigenvalue weighted by atomic mass is 16.6. The van der Waals surface area contributed by atoms with Crippen molar-refractivity contribution >= 4 is 11.9 Å². The Labute approximate surface area is 107 Å². The van der Waals surface area contributed by atoms with Crippen LogP contribution >= 0.6 is 0 Å². The van der Waals surface area contributed by atoms with Crippen LogP contribution in [0, 0.1) is 23.7 Å². The Bertz CT molecular complexity index is 373. The number of esters is 2. The number of hydrogen-bond acceptors (Lipinski definition) is 5. The molecule has 5 heteroatoms. The Hall–Kier alpha value is -2.01. The molecule has 0 radical (unpaired) electrons. The van der Waals surface area contributed by atoms with Crippen LogP contribution in [0.25, 0.3) is 0 Å². The second-order valence-electron chi connectivity index (χ2n) is 4.17. The maximum atomic E-state index is 11.3. The van der Waals surface area contributed by atoms with E-state index < -0.39 is 11.6 Å².